The average Bonchev–Trinajstić information content (AvgIpc) is 2.64. The molecule has 1 amide bonds. The van der Waals surface area contributed by atoms with Gasteiger partial charge in [0.2, 0.25) is 5.91 Å². The highest BCUT2D eigenvalue weighted by atomic mass is 35.5. The van der Waals surface area contributed by atoms with Crippen molar-refractivity contribution in [3.8, 4) is 0 Å². The molecule has 4 heteroatoms. The first-order chi connectivity index (χ1) is 12.5. The van der Waals surface area contributed by atoms with Gasteiger partial charge in [-0.3, -0.25) is 9.69 Å². The second-order valence-corrected chi connectivity index (χ2v) is 7.87. The van der Waals surface area contributed by atoms with E-state index in [1.807, 2.05) is 30.3 Å². The Labute approximate surface area is 161 Å². The number of hydrogen-bond donors (Lipinski definition) is 1. The maximum Gasteiger partial charge on any atom is 0.228 e. The summed E-state index contributed by atoms with van der Waals surface area (Å²) in [6.45, 7) is 7.01. The molecule has 0 radical (unpaired) electrons. The molecular formula is C22H27ClN2O. The van der Waals surface area contributed by atoms with Gasteiger partial charge < -0.3 is 5.32 Å². The van der Waals surface area contributed by atoms with Crippen molar-refractivity contribution in [3.63, 3.8) is 0 Å². The van der Waals surface area contributed by atoms with Gasteiger partial charge in [-0.15, -0.1) is 0 Å². The predicted octanol–water partition coefficient (Wildman–Crippen LogP) is 5.31. The molecule has 26 heavy (non-hydrogen) atoms. The van der Waals surface area contributed by atoms with Gasteiger partial charge in [-0.25, -0.2) is 0 Å². The van der Waals surface area contributed by atoms with Crippen molar-refractivity contribution in [1.82, 2.24) is 4.90 Å². The lowest BCUT2D eigenvalue weighted by atomic mass is 9.95. The Balaban J connectivity index is 1.62. The molecule has 1 aliphatic heterocycles. The van der Waals surface area contributed by atoms with Crippen LogP contribution in [0.15, 0.2) is 48.5 Å². The Morgan fingerprint density at radius 1 is 1.19 bits per heavy atom. The number of benzene rings is 2. The lowest BCUT2D eigenvalue weighted by Gasteiger charge is -2.32. The Kier molecular flexibility index (Phi) is 6.33. The van der Waals surface area contributed by atoms with Gasteiger partial charge in [-0.2, -0.15) is 0 Å². The normalized spacial score (nSPS) is 18.1. The van der Waals surface area contributed by atoms with Crippen LogP contribution in [0.4, 0.5) is 5.69 Å². The Morgan fingerprint density at radius 2 is 1.92 bits per heavy atom. The van der Waals surface area contributed by atoms with E-state index in [1.54, 1.807) is 0 Å². The molecule has 1 unspecified atom stereocenters. The fourth-order valence-electron chi connectivity index (χ4n) is 3.61. The fraction of sp³-hybridized carbons (Fsp3) is 0.409. The van der Waals surface area contributed by atoms with E-state index in [2.05, 4.69) is 42.3 Å². The van der Waals surface area contributed by atoms with Crippen LogP contribution in [0, 0.1) is 5.92 Å². The van der Waals surface area contributed by atoms with E-state index in [1.165, 1.54) is 11.1 Å². The van der Waals surface area contributed by atoms with Crippen molar-refractivity contribution in [2.45, 2.75) is 39.2 Å². The molecule has 2 aromatic rings. The van der Waals surface area contributed by atoms with Gasteiger partial charge in [-0.1, -0.05) is 55.8 Å². The SMILES string of the molecule is CC(C)c1ccccc1NC(=O)C1CCCN(Cc2ccc(Cl)cc2)C1. The summed E-state index contributed by atoms with van der Waals surface area (Å²) in [7, 11) is 0. The molecule has 0 saturated carbocycles. The Bertz CT molecular complexity index is 742. The molecule has 138 valence electrons. The molecule has 1 aliphatic rings. The topological polar surface area (TPSA) is 32.3 Å². The van der Waals surface area contributed by atoms with Crippen molar-refractivity contribution in [2.24, 2.45) is 5.92 Å². The van der Waals surface area contributed by atoms with Crippen LogP contribution in [0.1, 0.15) is 43.7 Å². The lowest BCUT2D eigenvalue weighted by Crippen LogP contribution is -2.40. The van der Waals surface area contributed by atoms with Crippen LogP contribution < -0.4 is 5.32 Å². The third-order valence-electron chi connectivity index (χ3n) is 5.04. The van der Waals surface area contributed by atoms with Crippen LogP contribution in [0.25, 0.3) is 0 Å². The number of nitrogens with zero attached hydrogens (tertiary/aromatic N) is 1. The molecule has 1 saturated heterocycles. The predicted molar refractivity (Wildman–Crippen MR) is 109 cm³/mol. The molecule has 0 bridgehead atoms. The van der Waals surface area contributed by atoms with E-state index in [4.69, 9.17) is 11.6 Å². The van der Waals surface area contributed by atoms with Crippen molar-refractivity contribution in [3.05, 3.63) is 64.7 Å². The number of piperidine rings is 1. The summed E-state index contributed by atoms with van der Waals surface area (Å²) in [4.78, 5) is 15.2. The number of carbonyl (C=O) groups is 1. The van der Waals surface area contributed by atoms with Crippen LogP contribution in [-0.2, 0) is 11.3 Å². The third-order valence-corrected chi connectivity index (χ3v) is 5.29. The highest BCUT2D eigenvalue weighted by Gasteiger charge is 2.26. The second-order valence-electron chi connectivity index (χ2n) is 7.43. The molecule has 1 atom stereocenters. The lowest BCUT2D eigenvalue weighted by molar-refractivity contribution is -0.121. The van der Waals surface area contributed by atoms with Gasteiger partial charge in [0.25, 0.3) is 0 Å². The standard InChI is InChI=1S/C22H27ClN2O/c1-16(2)20-7-3-4-8-21(20)24-22(26)18-6-5-13-25(15-18)14-17-9-11-19(23)12-10-17/h3-4,7-12,16,18H,5-6,13-15H2,1-2H3,(H,24,26). The Hall–Kier alpha value is -1.84. The molecule has 0 aliphatic carbocycles. The minimum atomic E-state index is 0.0382. The first-order valence-electron chi connectivity index (χ1n) is 9.39. The van der Waals surface area contributed by atoms with Crippen LogP contribution in [-0.4, -0.2) is 23.9 Å². The van der Waals surface area contributed by atoms with E-state index >= 15 is 0 Å². The van der Waals surface area contributed by atoms with E-state index in [0.717, 1.165) is 43.2 Å². The van der Waals surface area contributed by atoms with E-state index in [0.29, 0.717) is 5.92 Å². The second kappa shape index (κ2) is 8.70. The number of anilines is 1. The highest BCUT2D eigenvalue weighted by Crippen LogP contribution is 2.26. The number of carbonyl (C=O) groups excluding carboxylic acids is 1. The van der Waals surface area contributed by atoms with Gasteiger partial charge in [0.15, 0.2) is 0 Å². The summed E-state index contributed by atoms with van der Waals surface area (Å²) in [6.07, 6.45) is 2.00. The maximum atomic E-state index is 12.8. The maximum absolute atomic E-state index is 12.8. The molecule has 1 heterocycles. The highest BCUT2D eigenvalue weighted by molar-refractivity contribution is 6.30. The summed E-state index contributed by atoms with van der Waals surface area (Å²) in [5.74, 6) is 0.564. The first kappa shape index (κ1) is 18.9. The van der Waals surface area contributed by atoms with E-state index in [9.17, 15) is 4.79 Å². The largest absolute Gasteiger partial charge is 0.326 e. The minimum Gasteiger partial charge on any atom is -0.326 e. The van der Waals surface area contributed by atoms with Crippen molar-refractivity contribution in [2.75, 3.05) is 18.4 Å². The molecule has 2 aromatic carbocycles. The zero-order valence-corrected chi connectivity index (χ0v) is 16.3. The van der Waals surface area contributed by atoms with Gasteiger partial charge >= 0.3 is 0 Å². The quantitative estimate of drug-likeness (QED) is 0.773. The third kappa shape index (κ3) is 4.87. The number of amides is 1. The molecule has 0 aromatic heterocycles. The number of halogens is 1. The summed E-state index contributed by atoms with van der Waals surface area (Å²) in [5, 5.41) is 3.93. The van der Waals surface area contributed by atoms with E-state index in [-0.39, 0.29) is 11.8 Å². The minimum absolute atomic E-state index is 0.0382. The average molecular weight is 371 g/mol. The summed E-state index contributed by atoms with van der Waals surface area (Å²) < 4.78 is 0. The van der Waals surface area contributed by atoms with Gasteiger partial charge in [-0.05, 0) is 54.6 Å². The number of likely N-dealkylation sites (tertiary alicyclic amines) is 1. The molecule has 1 N–H and O–H groups in total. The zero-order chi connectivity index (χ0) is 18.5. The van der Waals surface area contributed by atoms with Crippen LogP contribution in [0.5, 0.6) is 0 Å². The van der Waals surface area contributed by atoms with Crippen LogP contribution >= 0.6 is 11.6 Å². The summed E-state index contributed by atoms with van der Waals surface area (Å²) >= 11 is 5.96. The van der Waals surface area contributed by atoms with E-state index < -0.39 is 0 Å². The summed E-state index contributed by atoms with van der Waals surface area (Å²) in [6, 6.07) is 16.1. The molecular weight excluding hydrogens is 344 g/mol. The van der Waals surface area contributed by atoms with Crippen molar-refractivity contribution in [1.29, 1.82) is 0 Å². The molecule has 3 nitrogen and oxygen atoms in total. The summed E-state index contributed by atoms with van der Waals surface area (Å²) in [5.41, 5.74) is 3.37. The van der Waals surface area contributed by atoms with Crippen molar-refractivity contribution < 1.29 is 4.79 Å². The molecule has 1 fully saturated rings. The first-order valence-corrected chi connectivity index (χ1v) is 9.77. The molecule has 3 rings (SSSR count). The molecule has 0 spiro atoms. The monoisotopic (exact) mass is 370 g/mol. The van der Waals surface area contributed by atoms with Crippen molar-refractivity contribution >= 4 is 23.2 Å². The van der Waals surface area contributed by atoms with Gasteiger partial charge in [0, 0.05) is 23.8 Å². The smallest absolute Gasteiger partial charge is 0.228 e. The number of nitrogens with one attached hydrogen (secondary N) is 1. The van der Waals surface area contributed by atoms with Gasteiger partial charge in [0.1, 0.15) is 0 Å². The fourth-order valence-corrected chi connectivity index (χ4v) is 3.74. The van der Waals surface area contributed by atoms with Crippen LogP contribution in [0.3, 0.4) is 0 Å². The van der Waals surface area contributed by atoms with Crippen LogP contribution in [0.2, 0.25) is 5.02 Å². The van der Waals surface area contributed by atoms with Gasteiger partial charge in [0.05, 0.1) is 5.92 Å². The zero-order valence-electron chi connectivity index (χ0n) is 15.5. The number of para-hydroxylation sites is 1. The Morgan fingerprint density at radius 3 is 2.65 bits per heavy atom. The number of hydrogen-bond acceptors (Lipinski definition) is 2. The number of rotatable bonds is 5.